The van der Waals surface area contributed by atoms with Crippen molar-refractivity contribution in [3.05, 3.63) is 35.4 Å². The zero-order valence-corrected chi connectivity index (χ0v) is 19.5. The van der Waals surface area contributed by atoms with Crippen molar-refractivity contribution in [3.8, 4) is 0 Å². The molecule has 1 aromatic rings. The maximum atomic E-state index is 13.2. The fraction of sp³-hybridized carbons (Fsp3) is 0.524. The molecule has 0 bridgehead atoms. The van der Waals surface area contributed by atoms with Gasteiger partial charge in [0.1, 0.15) is 18.8 Å². The van der Waals surface area contributed by atoms with Crippen LogP contribution in [0.4, 0.5) is 13.2 Å². The monoisotopic (exact) mass is 508 g/mol. The fourth-order valence-corrected chi connectivity index (χ4v) is 3.70. The lowest BCUT2D eigenvalue weighted by Gasteiger charge is -2.50. The Morgan fingerprint density at radius 3 is 2.12 bits per heavy atom. The number of halogens is 3. The molecule has 0 radical (unpaired) electrons. The number of ether oxygens (including phenoxy) is 4. The molecule has 1 amide bonds. The van der Waals surface area contributed by atoms with E-state index in [1.54, 1.807) is 24.4 Å². The quantitative estimate of drug-likeness (QED) is 0.340. The van der Waals surface area contributed by atoms with Gasteiger partial charge >= 0.3 is 30.0 Å². The van der Waals surface area contributed by atoms with Crippen LogP contribution in [-0.4, -0.2) is 60.9 Å². The molecular formula is C21H24F3NO8S. The summed E-state index contributed by atoms with van der Waals surface area (Å²) in [5.74, 6) is -5.43. The van der Waals surface area contributed by atoms with Gasteiger partial charge in [-0.15, -0.1) is 12.6 Å². The van der Waals surface area contributed by atoms with E-state index in [9.17, 15) is 32.3 Å². The second-order valence-electron chi connectivity index (χ2n) is 7.45. The Morgan fingerprint density at radius 2 is 1.65 bits per heavy atom. The molecule has 0 saturated carbocycles. The molecule has 2 rings (SSSR count). The number of alkyl halides is 3. The molecule has 1 heterocycles. The van der Waals surface area contributed by atoms with E-state index in [4.69, 9.17) is 20.3 Å². The summed E-state index contributed by atoms with van der Waals surface area (Å²) in [7, 11) is 0. The van der Waals surface area contributed by atoms with Gasteiger partial charge in [0.05, 0.1) is 1.37 Å². The molecule has 0 aliphatic carbocycles. The maximum absolute atomic E-state index is 13.2. The Morgan fingerprint density at radius 1 is 1.09 bits per heavy atom. The van der Waals surface area contributed by atoms with Crippen LogP contribution in [-0.2, 0) is 43.1 Å². The highest BCUT2D eigenvalue weighted by molar-refractivity contribution is 7.81. The Balaban J connectivity index is 2.78. The number of nitrogens with one attached hydrogen (secondary N) is 1. The molecule has 0 spiro atoms. The molecule has 9 nitrogen and oxygen atoms in total. The second kappa shape index (κ2) is 10.6. The van der Waals surface area contributed by atoms with E-state index >= 15 is 0 Å². The Kier molecular flexibility index (Phi) is 8.08. The van der Waals surface area contributed by atoms with Crippen molar-refractivity contribution in [2.24, 2.45) is 0 Å². The van der Waals surface area contributed by atoms with Crippen molar-refractivity contribution in [2.75, 3.05) is 6.61 Å². The van der Waals surface area contributed by atoms with Gasteiger partial charge in [-0.05, 0) is 12.5 Å². The van der Waals surface area contributed by atoms with Crippen LogP contribution in [0.5, 0.6) is 0 Å². The predicted octanol–water partition coefficient (Wildman–Crippen LogP) is 1.95. The van der Waals surface area contributed by atoms with E-state index in [-0.39, 0.29) is 5.56 Å². The van der Waals surface area contributed by atoms with Crippen molar-refractivity contribution < 1.29 is 52.7 Å². The second-order valence-corrected chi connectivity index (χ2v) is 8.12. The van der Waals surface area contributed by atoms with Crippen LogP contribution < -0.4 is 5.32 Å². The summed E-state index contributed by atoms with van der Waals surface area (Å²) in [6.07, 6.45) is -11.8. The Hall–Kier alpha value is -2.80. The first kappa shape index (κ1) is 25.8. The molecule has 188 valence electrons. The van der Waals surface area contributed by atoms with Gasteiger partial charge in [-0.25, -0.2) is 0 Å². The molecule has 1 fully saturated rings. The fourth-order valence-electron chi connectivity index (χ4n) is 3.23. The molecule has 34 heavy (non-hydrogen) atoms. The average molecular weight is 508 g/mol. The van der Waals surface area contributed by atoms with Gasteiger partial charge in [0.15, 0.2) is 17.1 Å². The molecule has 5 atom stereocenters. The summed E-state index contributed by atoms with van der Waals surface area (Å²) in [6.45, 7) is 3.94. The summed E-state index contributed by atoms with van der Waals surface area (Å²) < 4.78 is 69.7. The number of benzene rings is 1. The number of carbonyl (C=O) groups is 4. The highest BCUT2D eigenvalue weighted by Crippen LogP contribution is 2.44. The summed E-state index contributed by atoms with van der Waals surface area (Å²) in [5, 5.41) is 1.62. The molecule has 1 aliphatic rings. The van der Waals surface area contributed by atoms with Crippen molar-refractivity contribution in [1.82, 2.24) is 5.32 Å². The van der Waals surface area contributed by atoms with Crippen molar-refractivity contribution >= 4 is 36.4 Å². The van der Waals surface area contributed by atoms with Crippen LogP contribution in [0.3, 0.4) is 0 Å². The highest BCUT2D eigenvalue weighted by Gasteiger charge is 2.59. The number of aryl methyl sites for hydroxylation is 1. The van der Waals surface area contributed by atoms with Gasteiger partial charge in [0, 0.05) is 20.8 Å². The molecule has 1 aromatic carbocycles. The standard InChI is InChI=1S/C21H24F3NO8S/c1-10-5-7-14(8-6-10)20(34)18(25-19(29)21(22,23)24)17(32-13(4)28)16(31-12(3)27)15(33-20)9-30-11(2)26/h5-8,15-18,34H,9H2,1-4H3,(H,25,29)/t15-,16+,17+,18-,20?/m1/s1/i17D. The first-order chi connectivity index (χ1) is 16.0. The summed E-state index contributed by atoms with van der Waals surface area (Å²) in [6, 6.07) is 3.79. The number of carbonyl (C=O) groups excluding carboxylic acids is 4. The van der Waals surface area contributed by atoms with Gasteiger partial charge in [0.2, 0.25) is 0 Å². The van der Waals surface area contributed by atoms with Crippen LogP contribution in [0.1, 0.15) is 33.3 Å². The first-order valence-corrected chi connectivity index (χ1v) is 10.3. The number of hydrogen-bond acceptors (Lipinski definition) is 9. The molecule has 1 saturated heterocycles. The van der Waals surface area contributed by atoms with E-state index in [0.29, 0.717) is 0 Å². The zero-order chi connectivity index (χ0) is 26.8. The highest BCUT2D eigenvalue weighted by atomic mass is 32.1. The number of amides is 1. The van der Waals surface area contributed by atoms with E-state index in [1.165, 1.54) is 12.1 Å². The number of thiol groups is 1. The van der Waals surface area contributed by atoms with E-state index < -0.39 is 65.9 Å². The van der Waals surface area contributed by atoms with Crippen LogP contribution in [0, 0.1) is 6.92 Å². The van der Waals surface area contributed by atoms with Crippen molar-refractivity contribution in [2.45, 2.75) is 63.1 Å². The Bertz CT molecular complexity index is 992. The van der Waals surface area contributed by atoms with E-state index in [0.717, 1.165) is 26.3 Å². The third-order valence-corrected chi connectivity index (χ3v) is 5.25. The Labute approximate surface area is 200 Å². The number of esters is 3. The minimum absolute atomic E-state index is 0.0665. The molecule has 1 unspecified atom stereocenters. The van der Waals surface area contributed by atoms with Gasteiger partial charge in [-0.3, -0.25) is 19.2 Å². The molecule has 13 heteroatoms. The zero-order valence-electron chi connectivity index (χ0n) is 19.6. The third kappa shape index (κ3) is 6.63. The minimum Gasteiger partial charge on any atom is -0.463 e. The lowest BCUT2D eigenvalue weighted by molar-refractivity contribution is -0.235. The average Bonchev–Trinajstić information content (AvgIpc) is 2.71. The van der Waals surface area contributed by atoms with Crippen molar-refractivity contribution in [3.63, 3.8) is 0 Å². The predicted molar refractivity (Wildman–Crippen MR) is 112 cm³/mol. The van der Waals surface area contributed by atoms with E-state index in [2.05, 4.69) is 12.6 Å². The number of rotatable bonds is 6. The van der Waals surface area contributed by atoms with Crippen molar-refractivity contribution in [1.29, 1.82) is 0 Å². The smallest absolute Gasteiger partial charge is 0.463 e. The van der Waals surface area contributed by atoms with Gasteiger partial charge in [-0.2, -0.15) is 13.2 Å². The summed E-state index contributed by atoms with van der Waals surface area (Å²) in [5.41, 5.74) is 0.820. The van der Waals surface area contributed by atoms with Gasteiger partial charge in [-0.1, -0.05) is 29.8 Å². The largest absolute Gasteiger partial charge is 0.471 e. The lowest BCUT2D eigenvalue weighted by atomic mass is 9.87. The van der Waals surface area contributed by atoms with E-state index in [1.807, 2.05) is 0 Å². The van der Waals surface area contributed by atoms with Crippen LogP contribution in [0.2, 0.25) is 0 Å². The van der Waals surface area contributed by atoms with Crippen LogP contribution in [0.25, 0.3) is 0 Å². The minimum atomic E-state index is -5.40. The number of hydrogen-bond donors (Lipinski definition) is 2. The first-order valence-electron chi connectivity index (χ1n) is 10.4. The summed E-state index contributed by atoms with van der Waals surface area (Å²) >= 11 is 4.41. The molecule has 1 N–H and O–H groups in total. The topological polar surface area (TPSA) is 117 Å². The lowest BCUT2D eigenvalue weighted by Crippen LogP contribution is -2.69. The summed E-state index contributed by atoms with van der Waals surface area (Å²) in [4.78, 5) is 44.9. The SMILES string of the molecule is [2H][C@]1(OC(C)=O)[C@@H](OC(C)=O)[C@@H](COC(C)=O)OC(S)(c2ccc(C)cc2)[C@@H]1NC(=O)C(F)(F)F. The van der Waals surface area contributed by atoms with Crippen LogP contribution >= 0.6 is 12.6 Å². The van der Waals surface area contributed by atoms with Gasteiger partial charge in [0.25, 0.3) is 0 Å². The molecule has 0 aromatic heterocycles. The van der Waals surface area contributed by atoms with Crippen LogP contribution in [0.15, 0.2) is 24.3 Å². The third-order valence-electron chi connectivity index (χ3n) is 4.63. The van der Waals surface area contributed by atoms with Gasteiger partial charge < -0.3 is 24.3 Å². The normalized spacial score (nSPS) is 29.4. The molecule has 1 aliphatic heterocycles. The maximum Gasteiger partial charge on any atom is 0.471 e. The molecular weight excluding hydrogens is 483 g/mol.